The Kier molecular flexibility index (Phi) is 5.30. The molecule has 1 heterocycles. The number of esters is 1. The molecule has 1 aliphatic rings. The zero-order valence-corrected chi connectivity index (χ0v) is 10.6. The normalized spacial score (nSPS) is 23.0. The fraction of sp³-hybridized carbons (Fsp3) is 0.500. The summed E-state index contributed by atoms with van der Waals surface area (Å²) in [6.45, 7) is 0.474. The number of rotatable bonds is 5. The van der Waals surface area contributed by atoms with E-state index in [9.17, 15) is 9.18 Å². The smallest absolute Gasteiger partial charge is 0.332 e. The third-order valence-electron chi connectivity index (χ3n) is 2.89. The third-order valence-corrected chi connectivity index (χ3v) is 2.89. The van der Waals surface area contributed by atoms with Gasteiger partial charge in [-0.25, -0.2) is 9.18 Å². The van der Waals surface area contributed by atoms with Gasteiger partial charge < -0.3 is 14.2 Å². The first kappa shape index (κ1) is 14.0. The van der Waals surface area contributed by atoms with Crippen LogP contribution in [0.25, 0.3) is 0 Å². The average molecular weight is 268 g/mol. The molecular formula is C14H17FO4. The van der Waals surface area contributed by atoms with E-state index in [1.165, 1.54) is 0 Å². The van der Waals surface area contributed by atoms with Crippen LogP contribution in [0.2, 0.25) is 0 Å². The first-order chi connectivity index (χ1) is 9.25. The molecule has 0 radical (unpaired) electrons. The lowest BCUT2D eigenvalue weighted by atomic mass is 10.1. The molecule has 2 rings (SSSR count). The van der Waals surface area contributed by atoms with Gasteiger partial charge in [-0.1, -0.05) is 30.3 Å². The van der Waals surface area contributed by atoms with Gasteiger partial charge in [-0.05, 0) is 12.0 Å². The van der Waals surface area contributed by atoms with E-state index in [1.807, 2.05) is 30.3 Å². The lowest BCUT2D eigenvalue weighted by molar-refractivity contribution is -0.157. The van der Waals surface area contributed by atoms with Gasteiger partial charge in [-0.15, -0.1) is 0 Å². The maximum absolute atomic E-state index is 13.3. The number of alkyl halides is 1. The minimum atomic E-state index is -1.17. The molecule has 1 fully saturated rings. The van der Waals surface area contributed by atoms with E-state index in [4.69, 9.17) is 14.2 Å². The zero-order valence-electron chi connectivity index (χ0n) is 10.6. The molecule has 0 aromatic heterocycles. The average Bonchev–Trinajstić information content (AvgIpc) is 2.45. The van der Waals surface area contributed by atoms with Crippen molar-refractivity contribution >= 4 is 5.97 Å². The van der Waals surface area contributed by atoms with Gasteiger partial charge in [0.25, 0.3) is 0 Å². The van der Waals surface area contributed by atoms with Crippen LogP contribution in [0, 0.1) is 0 Å². The number of hydrogen-bond donors (Lipinski definition) is 0. The van der Waals surface area contributed by atoms with E-state index in [-0.39, 0.29) is 19.8 Å². The van der Waals surface area contributed by atoms with Crippen molar-refractivity contribution in [3.8, 4) is 0 Å². The van der Waals surface area contributed by atoms with Crippen molar-refractivity contribution < 1.29 is 23.4 Å². The van der Waals surface area contributed by atoms with E-state index in [0.717, 1.165) is 5.56 Å². The van der Waals surface area contributed by atoms with Crippen LogP contribution in [0.3, 0.4) is 0 Å². The number of benzene rings is 1. The van der Waals surface area contributed by atoms with Crippen LogP contribution in [-0.4, -0.2) is 38.1 Å². The molecule has 1 aromatic rings. The highest BCUT2D eigenvalue weighted by atomic mass is 19.1. The van der Waals surface area contributed by atoms with Crippen LogP contribution in [0.5, 0.6) is 0 Å². The van der Waals surface area contributed by atoms with Gasteiger partial charge in [-0.2, -0.15) is 0 Å². The highest BCUT2D eigenvalue weighted by Crippen LogP contribution is 2.14. The van der Waals surface area contributed by atoms with Crippen molar-refractivity contribution in [3.63, 3.8) is 0 Å². The predicted octanol–water partition coefficient (Wildman–Crippen LogP) is 1.87. The molecule has 2 atom stereocenters. The molecule has 4 nitrogen and oxygen atoms in total. The number of carbonyl (C=O) groups excluding carboxylic acids is 1. The zero-order chi connectivity index (χ0) is 13.5. The molecular weight excluding hydrogens is 251 g/mol. The Morgan fingerprint density at radius 3 is 2.89 bits per heavy atom. The highest BCUT2D eigenvalue weighted by molar-refractivity contribution is 5.70. The first-order valence-electron chi connectivity index (χ1n) is 6.28. The summed E-state index contributed by atoms with van der Waals surface area (Å²) in [5.74, 6) is -0.484. The molecule has 0 unspecified atom stereocenters. The SMILES string of the molecule is O=C(CO[C@H]1CCOC[C@H]1F)OCc1ccccc1. The summed E-state index contributed by atoms with van der Waals surface area (Å²) in [5, 5.41) is 0. The van der Waals surface area contributed by atoms with Gasteiger partial charge in [-0.3, -0.25) is 0 Å². The fourth-order valence-electron chi connectivity index (χ4n) is 1.83. The van der Waals surface area contributed by atoms with Crippen LogP contribution >= 0.6 is 0 Å². The van der Waals surface area contributed by atoms with Crippen LogP contribution in [-0.2, 0) is 25.6 Å². The fourth-order valence-corrected chi connectivity index (χ4v) is 1.83. The molecule has 1 aliphatic heterocycles. The molecule has 1 aromatic carbocycles. The van der Waals surface area contributed by atoms with Crippen molar-refractivity contribution in [1.82, 2.24) is 0 Å². The second-order valence-electron chi connectivity index (χ2n) is 4.38. The molecule has 5 heteroatoms. The van der Waals surface area contributed by atoms with Crippen molar-refractivity contribution in [3.05, 3.63) is 35.9 Å². The Hall–Kier alpha value is -1.46. The standard InChI is InChI=1S/C14H17FO4/c15-12-9-17-7-6-13(12)18-10-14(16)19-8-11-4-2-1-3-5-11/h1-5,12-13H,6-10H2/t12-,13+/m1/s1. The monoisotopic (exact) mass is 268 g/mol. The second kappa shape index (κ2) is 7.21. The highest BCUT2D eigenvalue weighted by Gasteiger charge is 2.26. The summed E-state index contributed by atoms with van der Waals surface area (Å²) < 4.78 is 28.6. The molecule has 19 heavy (non-hydrogen) atoms. The van der Waals surface area contributed by atoms with E-state index in [1.54, 1.807) is 0 Å². The van der Waals surface area contributed by atoms with Crippen LogP contribution in [0.4, 0.5) is 4.39 Å². The summed E-state index contributed by atoms with van der Waals surface area (Å²) in [6.07, 6.45) is -1.28. The maximum atomic E-state index is 13.3. The number of halogens is 1. The number of ether oxygens (including phenoxy) is 3. The summed E-state index contributed by atoms with van der Waals surface area (Å²) >= 11 is 0. The van der Waals surface area contributed by atoms with Gasteiger partial charge in [0.1, 0.15) is 19.4 Å². The Morgan fingerprint density at radius 1 is 1.37 bits per heavy atom. The minimum absolute atomic E-state index is 0.0315. The molecule has 0 N–H and O–H groups in total. The second-order valence-corrected chi connectivity index (χ2v) is 4.38. The van der Waals surface area contributed by atoms with Crippen molar-refractivity contribution in [2.45, 2.75) is 25.3 Å². The number of hydrogen-bond acceptors (Lipinski definition) is 4. The van der Waals surface area contributed by atoms with E-state index < -0.39 is 18.2 Å². The Labute approximate surface area is 111 Å². The summed E-state index contributed by atoms with van der Waals surface area (Å²) in [4.78, 5) is 11.5. The minimum Gasteiger partial charge on any atom is -0.459 e. The molecule has 1 saturated heterocycles. The van der Waals surface area contributed by atoms with E-state index >= 15 is 0 Å². The molecule has 0 saturated carbocycles. The molecule has 0 aliphatic carbocycles. The van der Waals surface area contributed by atoms with E-state index in [2.05, 4.69) is 0 Å². The van der Waals surface area contributed by atoms with Gasteiger partial charge in [0.2, 0.25) is 0 Å². The third kappa shape index (κ3) is 4.61. The van der Waals surface area contributed by atoms with Gasteiger partial charge >= 0.3 is 5.97 Å². The largest absolute Gasteiger partial charge is 0.459 e. The van der Waals surface area contributed by atoms with Crippen LogP contribution < -0.4 is 0 Å². The molecule has 0 spiro atoms. The Balaban J connectivity index is 1.67. The van der Waals surface area contributed by atoms with Crippen LogP contribution in [0.15, 0.2) is 30.3 Å². The topological polar surface area (TPSA) is 44.8 Å². The first-order valence-corrected chi connectivity index (χ1v) is 6.28. The summed E-state index contributed by atoms with van der Waals surface area (Å²) in [5.41, 5.74) is 0.908. The predicted molar refractivity (Wildman–Crippen MR) is 66.3 cm³/mol. The Morgan fingerprint density at radius 2 is 2.16 bits per heavy atom. The lowest BCUT2D eigenvalue weighted by Crippen LogP contribution is -2.37. The van der Waals surface area contributed by atoms with Gasteiger partial charge in [0, 0.05) is 6.61 Å². The molecule has 0 amide bonds. The van der Waals surface area contributed by atoms with Crippen molar-refractivity contribution in [2.24, 2.45) is 0 Å². The van der Waals surface area contributed by atoms with Crippen molar-refractivity contribution in [1.29, 1.82) is 0 Å². The van der Waals surface area contributed by atoms with Gasteiger partial charge in [0.15, 0.2) is 0 Å². The molecule has 104 valence electrons. The Bertz CT molecular complexity index is 396. The summed E-state index contributed by atoms with van der Waals surface area (Å²) in [6, 6.07) is 9.36. The quantitative estimate of drug-likeness (QED) is 0.765. The maximum Gasteiger partial charge on any atom is 0.332 e. The van der Waals surface area contributed by atoms with Crippen LogP contribution in [0.1, 0.15) is 12.0 Å². The van der Waals surface area contributed by atoms with Gasteiger partial charge in [0.05, 0.1) is 12.7 Å². The number of carbonyl (C=O) groups is 1. The van der Waals surface area contributed by atoms with Crippen molar-refractivity contribution in [2.75, 3.05) is 19.8 Å². The summed E-state index contributed by atoms with van der Waals surface area (Å²) in [7, 11) is 0. The lowest BCUT2D eigenvalue weighted by Gasteiger charge is -2.25. The molecule has 0 bridgehead atoms. The van der Waals surface area contributed by atoms with E-state index in [0.29, 0.717) is 13.0 Å².